The summed E-state index contributed by atoms with van der Waals surface area (Å²) in [5, 5.41) is 0. The molecule has 3 aromatic carbocycles. The standard InChI is InChI=1S/C30H31FN2O5/c1-19(2)21-10-12-22(13-11-21)33-28(34)18-25(30(33)36)32(29(35)23-7-5-6-8-24(23)31)16-15-20-9-14-26(37-3)27(17-20)38-4/h5-14,17,19,25H,15-16,18H2,1-4H3. The Morgan fingerprint density at radius 3 is 2.32 bits per heavy atom. The van der Waals surface area contributed by atoms with E-state index in [4.69, 9.17) is 9.47 Å². The summed E-state index contributed by atoms with van der Waals surface area (Å²) in [5.74, 6) is -0.865. The van der Waals surface area contributed by atoms with Crippen molar-refractivity contribution < 1.29 is 28.2 Å². The number of amides is 3. The van der Waals surface area contributed by atoms with Crippen molar-refractivity contribution in [3.05, 3.63) is 89.2 Å². The van der Waals surface area contributed by atoms with E-state index in [-0.39, 0.29) is 18.5 Å². The molecule has 38 heavy (non-hydrogen) atoms. The Kier molecular flexibility index (Phi) is 8.10. The van der Waals surface area contributed by atoms with Crippen molar-refractivity contribution in [2.45, 2.75) is 38.6 Å². The highest BCUT2D eigenvalue weighted by Crippen LogP contribution is 2.30. The van der Waals surface area contributed by atoms with Gasteiger partial charge < -0.3 is 14.4 Å². The van der Waals surface area contributed by atoms with Crippen LogP contribution in [0, 0.1) is 5.82 Å². The molecule has 0 saturated carbocycles. The van der Waals surface area contributed by atoms with E-state index in [1.807, 2.05) is 18.2 Å². The van der Waals surface area contributed by atoms with Gasteiger partial charge in [0.2, 0.25) is 5.91 Å². The minimum Gasteiger partial charge on any atom is -0.493 e. The average molecular weight is 519 g/mol. The van der Waals surface area contributed by atoms with Crippen LogP contribution in [-0.2, 0) is 16.0 Å². The largest absolute Gasteiger partial charge is 0.493 e. The molecule has 0 radical (unpaired) electrons. The lowest BCUT2D eigenvalue weighted by Crippen LogP contribution is -2.46. The summed E-state index contributed by atoms with van der Waals surface area (Å²) in [4.78, 5) is 42.6. The highest BCUT2D eigenvalue weighted by molar-refractivity contribution is 6.23. The van der Waals surface area contributed by atoms with Crippen LogP contribution in [0.1, 0.15) is 47.7 Å². The number of rotatable bonds is 9. The van der Waals surface area contributed by atoms with Crippen molar-refractivity contribution >= 4 is 23.4 Å². The van der Waals surface area contributed by atoms with Crippen LogP contribution >= 0.6 is 0 Å². The van der Waals surface area contributed by atoms with Crippen molar-refractivity contribution in [2.24, 2.45) is 0 Å². The summed E-state index contributed by atoms with van der Waals surface area (Å²) in [6.45, 7) is 4.20. The Morgan fingerprint density at radius 1 is 1.00 bits per heavy atom. The second kappa shape index (κ2) is 11.5. The molecule has 0 bridgehead atoms. The summed E-state index contributed by atoms with van der Waals surface area (Å²) < 4.78 is 25.3. The molecule has 198 valence electrons. The molecule has 7 nitrogen and oxygen atoms in total. The van der Waals surface area contributed by atoms with Crippen LogP contribution in [0.15, 0.2) is 66.7 Å². The number of halogens is 1. The summed E-state index contributed by atoms with van der Waals surface area (Å²) >= 11 is 0. The molecule has 1 aliphatic heterocycles. The topological polar surface area (TPSA) is 76.2 Å². The Bertz CT molecular complexity index is 1340. The van der Waals surface area contributed by atoms with Gasteiger partial charge in [0.25, 0.3) is 11.8 Å². The van der Waals surface area contributed by atoms with Crippen LogP contribution in [0.3, 0.4) is 0 Å². The molecule has 0 aromatic heterocycles. The molecule has 0 N–H and O–H groups in total. The van der Waals surface area contributed by atoms with Crippen molar-refractivity contribution in [1.29, 1.82) is 0 Å². The maximum atomic E-state index is 14.6. The van der Waals surface area contributed by atoms with E-state index in [1.165, 1.54) is 37.3 Å². The Balaban J connectivity index is 1.64. The minimum absolute atomic E-state index is 0.0897. The van der Waals surface area contributed by atoms with Crippen molar-refractivity contribution in [3.63, 3.8) is 0 Å². The molecular weight excluding hydrogens is 487 g/mol. The van der Waals surface area contributed by atoms with E-state index < -0.39 is 29.6 Å². The smallest absolute Gasteiger partial charge is 0.257 e. The lowest BCUT2D eigenvalue weighted by atomic mass is 10.0. The number of ether oxygens (including phenoxy) is 2. The Hall–Kier alpha value is -4.20. The normalized spacial score (nSPS) is 15.2. The first kappa shape index (κ1) is 26.9. The number of benzene rings is 3. The van der Waals surface area contributed by atoms with Crippen LogP contribution in [-0.4, -0.2) is 49.4 Å². The van der Waals surface area contributed by atoms with Crippen molar-refractivity contribution in [2.75, 3.05) is 25.7 Å². The van der Waals surface area contributed by atoms with E-state index in [0.717, 1.165) is 16.0 Å². The zero-order valence-electron chi connectivity index (χ0n) is 21.9. The van der Waals surface area contributed by atoms with Gasteiger partial charge in [-0.1, -0.05) is 44.2 Å². The molecule has 1 heterocycles. The van der Waals surface area contributed by atoms with Gasteiger partial charge in [-0.15, -0.1) is 0 Å². The number of hydrogen-bond donors (Lipinski definition) is 0. The quantitative estimate of drug-likeness (QED) is 0.374. The first-order valence-electron chi connectivity index (χ1n) is 12.5. The van der Waals surface area contributed by atoms with Gasteiger partial charge in [0.1, 0.15) is 11.9 Å². The lowest BCUT2D eigenvalue weighted by molar-refractivity contribution is -0.122. The van der Waals surface area contributed by atoms with E-state index in [0.29, 0.717) is 29.5 Å². The monoisotopic (exact) mass is 518 g/mol. The molecular formula is C30H31FN2O5. The summed E-state index contributed by atoms with van der Waals surface area (Å²) in [6.07, 6.45) is 0.165. The number of anilines is 1. The van der Waals surface area contributed by atoms with Gasteiger partial charge in [-0.25, -0.2) is 9.29 Å². The Morgan fingerprint density at radius 2 is 1.68 bits per heavy atom. The maximum Gasteiger partial charge on any atom is 0.257 e. The number of carbonyl (C=O) groups excluding carboxylic acids is 3. The summed E-state index contributed by atoms with van der Waals surface area (Å²) in [5.41, 5.74) is 2.20. The molecule has 1 aliphatic rings. The highest BCUT2D eigenvalue weighted by atomic mass is 19.1. The van der Waals surface area contributed by atoms with Gasteiger partial charge in [0, 0.05) is 6.54 Å². The first-order chi connectivity index (χ1) is 18.2. The Labute approximate surface area is 221 Å². The number of methoxy groups -OCH3 is 2. The molecule has 8 heteroatoms. The third-order valence-corrected chi connectivity index (χ3v) is 6.77. The number of nitrogens with zero attached hydrogens (tertiary/aromatic N) is 2. The highest BCUT2D eigenvalue weighted by Gasteiger charge is 2.44. The fourth-order valence-electron chi connectivity index (χ4n) is 4.61. The maximum absolute atomic E-state index is 14.6. The minimum atomic E-state index is -1.06. The van der Waals surface area contributed by atoms with Crippen LogP contribution in [0.4, 0.5) is 10.1 Å². The lowest BCUT2D eigenvalue weighted by Gasteiger charge is -2.28. The number of hydrogen-bond acceptors (Lipinski definition) is 5. The van der Waals surface area contributed by atoms with Crippen LogP contribution < -0.4 is 14.4 Å². The molecule has 1 fully saturated rings. The van der Waals surface area contributed by atoms with Crippen LogP contribution in [0.5, 0.6) is 11.5 Å². The number of imide groups is 1. The fourth-order valence-corrected chi connectivity index (χ4v) is 4.61. The van der Waals surface area contributed by atoms with E-state index in [2.05, 4.69) is 13.8 Å². The molecule has 1 saturated heterocycles. The molecule has 1 atom stereocenters. The summed E-state index contributed by atoms with van der Waals surface area (Å²) in [7, 11) is 3.07. The van der Waals surface area contributed by atoms with E-state index in [9.17, 15) is 18.8 Å². The van der Waals surface area contributed by atoms with Gasteiger partial charge in [0.15, 0.2) is 11.5 Å². The second-order valence-corrected chi connectivity index (χ2v) is 9.45. The fraction of sp³-hybridized carbons (Fsp3) is 0.300. The van der Waals surface area contributed by atoms with Gasteiger partial charge >= 0.3 is 0 Å². The average Bonchev–Trinajstić information content (AvgIpc) is 3.21. The van der Waals surface area contributed by atoms with Gasteiger partial charge in [-0.3, -0.25) is 14.4 Å². The van der Waals surface area contributed by atoms with Crippen LogP contribution in [0.2, 0.25) is 0 Å². The van der Waals surface area contributed by atoms with Crippen molar-refractivity contribution in [3.8, 4) is 11.5 Å². The van der Waals surface area contributed by atoms with Gasteiger partial charge in [-0.2, -0.15) is 0 Å². The summed E-state index contributed by atoms with van der Waals surface area (Å²) in [6, 6.07) is 17.2. The third kappa shape index (κ3) is 5.39. The first-order valence-corrected chi connectivity index (χ1v) is 12.5. The zero-order valence-corrected chi connectivity index (χ0v) is 21.9. The molecule has 0 aliphatic carbocycles. The molecule has 4 rings (SSSR count). The van der Waals surface area contributed by atoms with Crippen LogP contribution in [0.25, 0.3) is 0 Å². The molecule has 0 spiro atoms. The number of carbonyl (C=O) groups is 3. The molecule has 1 unspecified atom stereocenters. The molecule has 3 amide bonds. The zero-order chi connectivity index (χ0) is 27.4. The SMILES string of the molecule is COc1ccc(CCN(C(=O)c2ccccc2F)C2CC(=O)N(c3ccc(C(C)C)cc3)C2=O)cc1OC. The van der Waals surface area contributed by atoms with Crippen molar-refractivity contribution in [1.82, 2.24) is 4.90 Å². The second-order valence-electron chi connectivity index (χ2n) is 9.45. The third-order valence-electron chi connectivity index (χ3n) is 6.77. The van der Waals surface area contributed by atoms with E-state index >= 15 is 0 Å². The van der Waals surface area contributed by atoms with Gasteiger partial charge in [0.05, 0.1) is 31.9 Å². The predicted octanol–water partition coefficient (Wildman–Crippen LogP) is 4.98. The molecule has 3 aromatic rings. The van der Waals surface area contributed by atoms with E-state index in [1.54, 1.807) is 30.3 Å². The predicted molar refractivity (Wildman–Crippen MR) is 142 cm³/mol. The van der Waals surface area contributed by atoms with Gasteiger partial charge in [-0.05, 0) is 59.9 Å².